The predicted octanol–water partition coefficient (Wildman–Crippen LogP) is 3.69. The van der Waals surface area contributed by atoms with E-state index in [9.17, 15) is 9.18 Å². The number of carbonyl (C=O) groups is 1. The van der Waals surface area contributed by atoms with Gasteiger partial charge in [-0.1, -0.05) is 12.1 Å². The van der Waals surface area contributed by atoms with Crippen LogP contribution in [0.25, 0.3) is 0 Å². The molecule has 1 N–H and O–H groups in total. The number of hydrogen-bond donors (Lipinski definition) is 1. The van der Waals surface area contributed by atoms with Gasteiger partial charge in [0.25, 0.3) is 0 Å². The van der Waals surface area contributed by atoms with E-state index in [0.29, 0.717) is 12.3 Å². The maximum Gasteiger partial charge on any atom is 0.223 e. The molecule has 0 spiro atoms. The summed E-state index contributed by atoms with van der Waals surface area (Å²) in [6.07, 6.45) is 6.02. The van der Waals surface area contributed by atoms with E-state index >= 15 is 0 Å². The lowest BCUT2D eigenvalue weighted by atomic mass is 9.94. The van der Waals surface area contributed by atoms with E-state index in [1.54, 1.807) is 0 Å². The number of likely N-dealkylation sites (tertiary alicyclic amines) is 1. The van der Waals surface area contributed by atoms with E-state index in [0.717, 1.165) is 50.9 Å². The zero-order valence-electron chi connectivity index (χ0n) is 13.5. The van der Waals surface area contributed by atoms with Gasteiger partial charge >= 0.3 is 0 Å². The van der Waals surface area contributed by atoms with Gasteiger partial charge in [-0.25, -0.2) is 4.39 Å². The van der Waals surface area contributed by atoms with Crippen molar-refractivity contribution in [2.45, 2.75) is 44.6 Å². The van der Waals surface area contributed by atoms with Gasteiger partial charge in [0, 0.05) is 13.0 Å². The van der Waals surface area contributed by atoms with Gasteiger partial charge in [-0.15, -0.1) is 12.4 Å². The number of piperidine rings is 1. The summed E-state index contributed by atoms with van der Waals surface area (Å²) < 4.78 is 13.1. The molecule has 2 aliphatic rings. The molecule has 3 rings (SSSR count). The Morgan fingerprint density at radius 2 is 2.00 bits per heavy atom. The Kier molecular flexibility index (Phi) is 6.85. The molecule has 0 bridgehead atoms. The van der Waals surface area contributed by atoms with Crippen LogP contribution < -0.4 is 5.32 Å². The minimum Gasteiger partial charge on any atom is -0.336 e. The smallest absolute Gasteiger partial charge is 0.223 e. The summed E-state index contributed by atoms with van der Waals surface area (Å²) in [5, 5.41) is 3.36. The molecule has 2 fully saturated rings. The summed E-state index contributed by atoms with van der Waals surface area (Å²) in [4.78, 5) is 14.7. The van der Waals surface area contributed by atoms with Crippen molar-refractivity contribution < 1.29 is 9.18 Å². The lowest BCUT2D eigenvalue weighted by Crippen LogP contribution is -2.38. The maximum absolute atomic E-state index is 13.1. The van der Waals surface area contributed by atoms with E-state index in [2.05, 4.69) is 5.32 Å². The second-order valence-electron chi connectivity index (χ2n) is 6.55. The van der Waals surface area contributed by atoms with Crippen molar-refractivity contribution in [2.75, 3.05) is 19.6 Å². The summed E-state index contributed by atoms with van der Waals surface area (Å²) in [6.45, 7) is 2.97. The zero-order valence-corrected chi connectivity index (χ0v) is 14.3. The molecule has 0 saturated carbocycles. The molecule has 0 aromatic heterocycles. The van der Waals surface area contributed by atoms with Gasteiger partial charge in [0.2, 0.25) is 5.91 Å². The molecule has 2 unspecified atom stereocenters. The number of rotatable bonds is 4. The number of benzene rings is 1. The molecule has 3 nitrogen and oxygen atoms in total. The van der Waals surface area contributed by atoms with Crippen molar-refractivity contribution in [1.82, 2.24) is 10.2 Å². The van der Waals surface area contributed by atoms with Crippen LogP contribution in [0.2, 0.25) is 0 Å². The quantitative estimate of drug-likeness (QED) is 0.906. The second-order valence-corrected chi connectivity index (χ2v) is 6.55. The fourth-order valence-electron chi connectivity index (χ4n) is 3.69. The molecule has 0 aliphatic carbocycles. The van der Waals surface area contributed by atoms with Crippen LogP contribution in [0.5, 0.6) is 0 Å². The Morgan fingerprint density at radius 3 is 2.70 bits per heavy atom. The first-order valence-electron chi connectivity index (χ1n) is 8.49. The van der Waals surface area contributed by atoms with E-state index in [-0.39, 0.29) is 30.2 Å². The Morgan fingerprint density at radius 1 is 1.22 bits per heavy atom. The Bertz CT molecular complexity index is 502. The Labute approximate surface area is 144 Å². The molecular weight excluding hydrogens is 315 g/mol. The lowest BCUT2D eigenvalue weighted by Gasteiger charge is -2.36. The number of hydrogen-bond acceptors (Lipinski definition) is 2. The van der Waals surface area contributed by atoms with Crippen LogP contribution in [0.4, 0.5) is 4.39 Å². The molecule has 2 atom stereocenters. The first kappa shape index (κ1) is 18.2. The van der Waals surface area contributed by atoms with Crippen molar-refractivity contribution >= 4 is 18.3 Å². The van der Waals surface area contributed by atoms with Gasteiger partial charge in [-0.3, -0.25) is 4.79 Å². The van der Waals surface area contributed by atoms with E-state index in [4.69, 9.17) is 0 Å². The predicted molar refractivity (Wildman–Crippen MR) is 92.2 cm³/mol. The number of nitrogens with one attached hydrogen (secondary N) is 1. The highest BCUT2D eigenvalue weighted by molar-refractivity contribution is 5.85. The number of nitrogens with zero attached hydrogens (tertiary/aromatic N) is 1. The van der Waals surface area contributed by atoms with Gasteiger partial charge in [0.05, 0.1) is 6.04 Å². The first-order chi connectivity index (χ1) is 10.7. The average Bonchev–Trinajstić information content (AvgIpc) is 3.07. The van der Waals surface area contributed by atoms with E-state index in [1.807, 2.05) is 17.0 Å². The monoisotopic (exact) mass is 340 g/mol. The topological polar surface area (TPSA) is 32.3 Å². The standard InChI is InChI=1S/C18H25FN2O.ClH/c19-16-7-5-15(6-8-16)17-3-1-2-12-21(17)18(22)9-4-14-10-11-20-13-14;/h5-8,14,17,20H,1-4,9-13H2;1H. The van der Waals surface area contributed by atoms with Crippen LogP contribution in [0.15, 0.2) is 24.3 Å². The van der Waals surface area contributed by atoms with Crippen LogP contribution in [0.1, 0.15) is 50.1 Å². The van der Waals surface area contributed by atoms with Crippen molar-refractivity contribution in [3.8, 4) is 0 Å². The van der Waals surface area contributed by atoms with E-state index in [1.165, 1.54) is 18.6 Å². The summed E-state index contributed by atoms with van der Waals surface area (Å²) in [7, 11) is 0. The van der Waals surface area contributed by atoms with Crippen molar-refractivity contribution in [2.24, 2.45) is 5.92 Å². The highest BCUT2D eigenvalue weighted by Gasteiger charge is 2.28. The van der Waals surface area contributed by atoms with Gasteiger partial charge in [0.1, 0.15) is 5.82 Å². The number of carbonyl (C=O) groups excluding carboxylic acids is 1. The Hall–Kier alpha value is -1.13. The minimum atomic E-state index is -0.217. The second kappa shape index (κ2) is 8.65. The number of halogens is 2. The summed E-state index contributed by atoms with van der Waals surface area (Å²) in [6, 6.07) is 6.77. The van der Waals surface area contributed by atoms with Crippen LogP contribution in [0.3, 0.4) is 0 Å². The fraction of sp³-hybridized carbons (Fsp3) is 0.611. The zero-order chi connectivity index (χ0) is 15.4. The molecule has 0 radical (unpaired) electrons. The lowest BCUT2D eigenvalue weighted by molar-refractivity contribution is -0.135. The third-order valence-corrected chi connectivity index (χ3v) is 5.01. The van der Waals surface area contributed by atoms with Crippen molar-refractivity contribution in [3.63, 3.8) is 0 Å². The van der Waals surface area contributed by atoms with Gasteiger partial charge in [0.15, 0.2) is 0 Å². The first-order valence-corrected chi connectivity index (χ1v) is 8.49. The van der Waals surface area contributed by atoms with Crippen molar-refractivity contribution in [3.05, 3.63) is 35.6 Å². The highest BCUT2D eigenvalue weighted by Crippen LogP contribution is 2.32. The van der Waals surface area contributed by atoms with Crippen LogP contribution in [-0.2, 0) is 4.79 Å². The molecule has 1 aromatic carbocycles. The molecule has 23 heavy (non-hydrogen) atoms. The largest absolute Gasteiger partial charge is 0.336 e. The van der Waals surface area contributed by atoms with Crippen molar-refractivity contribution in [1.29, 1.82) is 0 Å². The van der Waals surface area contributed by atoms with Gasteiger partial charge in [-0.05, 0) is 68.8 Å². The molecule has 1 aromatic rings. The minimum absolute atomic E-state index is 0. The van der Waals surface area contributed by atoms with E-state index < -0.39 is 0 Å². The molecule has 5 heteroatoms. The molecule has 2 heterocycles. The summed E-state index contributed by atoms with van der Waals surface area (Å²) >= 11 is 0. The average molecular weight is 341 g/mol. The van der Waals surface area contributed by atoms with Crippen LogP contribution in [-0.4, -0.2) is 30.4 Å². The Balaban J connectivity index is 0.00000192. The molecule has 2 aliphatic heterocycles. The molecule has 2 saturated heterocycles. The summed E-state index contributed by atoms with van der Waals surface area (Å²) in [5.41, 5.74) is 1.07. The van der Waals surface area contributed by atoms with Gasteiger partial charge in [-0.2, -0.15) is 0 Å². The van der Waals surface area contributed by atoms with Gasteiger partial charge < -0.3 is 10.2 Å². The third-order valence-electron chi connectivity index (χ3n) is 5.01. The summed E-state index contributed by atoms with van der Waals surface area (Å²) in [5.74, 6) is 0.699. The SMILES string of the molecule is Cl.O=C(CCC1CCNC1)N1CCCCC1c1ccc(F)cc1. The molecule has 1 amide bonds. The maximum atomic E-state index is 13.1. The molecule has 128 valence electrons. The molecular formula is C18H26ClFN2O. The fourth-order valence-corrected chi connectivity index (χ4v) is 3.69. The van der Waals surface area contributed by atoms with Crippen LogP contribution in [0, 0.1) is 11.7 Å². The van der Waals surface area contributed by atoms with Crippen LogP contribution >= 0.6 is 12.4 Å². The third kappa shape index (κ3) is 4.67. The highest BCUT2D eigenvalue weighted by atomic mass is 35.5. The normalized spacial score (nSPS) is 24.3. The number of amides is 1.